The SMILES string of the molecule is C[NH+]1CCc2c(C#N)c(N3CCCCC3)[nH+]c(NCc3ccccc3)c2C1. The van der Waals surface area contributed by atoms with E-state index in [-0.39, 0.29) is 0 Å². The van der Waals surface area contributed by atoms with Crippen molar-refractivity contribution in [1.82, 2.24) is 0 Å². The van der Waals surface area contributed by atoms with Gasteiger partial charge in [0.1, 0.15) is 18.2 Å². The monoisotopic (exact) mass is 363 g/mol. The number of H-pyrrole nitrogens is 1. The van der Waals surface area contributed by atoms with E-state index in [4.69, 9.17) is 0 Å². The van der Waals surface area contributed by atoms with Gasteiger partial charge in [-0.05, 0) is 30.4 Å². The Balaban J connectivity index is 1.72. The van der Waals surface area contributed by atoms with Crippen molar-refractivity contribution >= 4 is 11.6 Å². The number of likely N-dealkylation sites (N-methyl/N-ethyl adjacent to an activating group) is 1. The lowest BCUT2D eigenvalue weighted by atomic mass is 9.95. The summed E-state index contributed by atoms with van der Waals surface area (Å²) in [6.45, 7) is 4.90. The number of hydrogen-bond donors (Lipinski definition) is 2. The standard InChI is InChI=1S/C22H27N5/c1-26-13-10-18-19(14-23)22(27-11-6-3-7-12-27)25-21(20(18)16-26)24-15-17-8-4-2-5-9-17/h2,4-5,8-9H,3,6-7,10-13,15-16H2,1H3,(H,24,25)/p+2. The largest absolute Gasteiger partial charge is 0.333 e. The number of anilines is 2. The van der Waals surface area contributed by atoms with E-state index < -0.39 is 0 Å². The maximum Gasteiger partial charge on any atom is 0.240 e. The van der Waals surface area contributed by atoms with Crippen LogP contribution in [-0.2, 0) is 19.5 Å². The molecule has 1 aromatic carbocycles. The molecule has 3 heterocycles. The minimum absolute atomic E-state index is 0.786. The molecule has 1 atom stereocenters. The Hall–Kier alpha value is -2.58. The number of aromatic amines is 1. The van der Waals surface area contributed by atoms with Crippen molar-refractivity contribution in [2.75, 3.05) is 36.9 Å². The summed E-state index contributed by atoms with van der Waals surface area (Å²) in [6.07, 6.45) is 4.67. The number of rotatable bonds is 4. The molecule has 1 saturated heterocycles. The summed E-state index contributed by atoms with van der Waals surface area (Å²) in [6, 6.07) is 13.0. The van der Waals surface area contributed by atoms with Crippen molar-refractivity contribution in [3.8, 4) is 6.07 Å². The van der Waals surface area contributed by atoms with Gasteiger partial charge in [0.05, 0.1) is 38.8 Å². The second-order valence-electron chi connectivity index (χ2n) is 7.81. The number of benzene rings is 1. The lowest BCUT2D eigenvalue weighted by Gasteiger charge is -2.28. The molecular formula is C22H29N5+2. The number of pyridine rings is 1. The first-order valence-electron chi connectivity index (χ1n) is 10.1. The Morgan fingerprint density at radius 3 is 2.67 bits per heavy atom. The predicted octanol–water partition coefficient (Wildman–Crippen LogP) is 1.55. The molecule has 3 N–H and O–H groups in total. The normalized spacial score (nSPS) is 19.3. The van der Waals surface area contributed by atoms with Crippen molar-refractivity contribution in [1.29, 1.82) is 5.26 Å². The highest BCUT2D eigenvalue weighted by Crippen LogP contribution is 2.29. The Kier molecular flexibility index (Phi) is 5.26. The number of nitriles is 1. The van der Waals surface area contributed by atoms with Gasteiger partial charge in [-0.2, -0.15) is 5.26 Å². The summed E-state index contributed by atoms with van der Waals surface area (Å²) in [5.41, 5.74) is 4.66. The summed E-state index contributed by atoms with van der Waals surface area (Å²) >= 11 is 0. The van der Waals surface area contributed by atoms with E-state index in [1.807, 2.05) is 6.07 Å². The Morgan fingerprint density at radius 2 is 1.93 bits per heavy atom. The minimum Gasteiger partial charge on any atom is -0.333 e. The molecule has 0 aliphatic carbocycles. The fourth-order valence-electron chi connectivity index (χ4n) is 4.31. The number of hydrogen-bond acceptors (Lipinski definition) is 3. The average Bonchev–Trinajstić information content (AvgIpc) is 2.73. The van der Waals surface area contributed by atoms with Crippen molar-refractivity contribution in [3.63, 3.8) is 0 Å². The first-order chi connectivity index (χ1) is 13.3. The van der Waals surface area contributed by atoms with Crippen LogP contribution in [0.5, 0.6) is 0 Å². The zero-order valence-corrected chi connectivity index (χ0v) is 16.1. The van der Waals surface area contributed by atoms with E-state index in [1.54, 1.807) is 0 Å². The Labute approximate surface area is 161 Å². The molecule has 27 heavy (non-hydrogen) atoms. The third-order valence-corrected chi connectivity index (χ3v) is 5.82. The van der Waals surface area contributed by atoms with E-state index in [0.717, 1.165) is 56.3 Å². The van der Waals surface area contributed by atoms with Gasteiger partial charge in [0.15, 0.2) is 0 Å². The fourth-order valence-corrected chi connectivity index (χ4v) is 4.31. The third kappa shape index (κ3) is 3.77. The molecule has 5 nitrogen and oxygen atoms in total. The summed E-state index contributed by atoms with van der Waals surface area (Å²) in [5, 5.41) is 13.6. The molecule has 140 valence electrons. The fraction of sp³-hybridized carbons (Fsp3) is 0.455. The predicted molar refractivity (Wildman–Crippen MR) is 107 cm³/mol. The van der Waals surface area contributed by atoms with Crippen molar-refractivity contribution in [3.05, 3.63) is 52.6 Å². The van der Waals surface area contributed by atoms with Gasteiger partial charge >= 0.3 is 0 Å². The van der Waals surface area contributed by atoms with Crippen LogP contribution in [0.25, 0.3) is 0 Å². The maximum atomic E-state index is 9.95. The van der Waals surface area contributed by atoms with Gasteiger partial charge in [-0.1, -0.05) is 30.3 Å². The summed E-state index contributed by atoms with van der Waals surface area (Å²) in [4.78, 5) is 7.50. The smallest absolute Gasteiger partial charge is 0.240 e. The zero-order chi connectivity index (χ0) is 18.6. The molecule has 2 aliphatic heterocycles. The van der Waals surface area contributed by atoms with Crippen LogP contribution in [0.2, 0.25) is 0 Å². The van der Waals surface area contributed by atoms with E-state index in [2.05, 4.69) is 52.6 Å². The molecule has 0 bridgehead atoms. The number of aromatic nitrogens is 1. The second-order valence-corrected chi connectivity index (χ2v) is 7.81. The molecular weight excluding hydrogens is 334 g/mol. The summed E-state index contributed by atoms with van der Waals surface area (Å²) in [7, 11) is 2.23. The quantitative estimate of drug-likeness (QED) is 0.866. The van der Waals surface area contributed by atoms with Gasteiger partial charge in [-0.15, -0.1) is 0 Å². The van der Waals surface area contributed by atoms with Crippen LogP contribution in [0.3, 0.4) is 0 Å². The van der Waals surface area contributed by atoms with Crippen LogP contribution in [0, 0.1) is 11.3 Å². The molecule has 4 rings (SSSR count). The molecule has 1 unspecified atom stereocenters. The topological polar surface area (TPSA) is 57.6 Å². The van der Waals surface area contributed by atoms with E-state index in [9.17, 15) is 5.26 Å². The number of nitrogens with one attached hydrogen (secondary N) is 3. The molecule has 1 aromatic heterocycles. The highest BCUT2D eigenvalue weighted by molar-refractivity contribution is 5.61. The Morgan fingerprint density at radius 1 is 1.15 bits per heavy atom. The number of piperidine rings is 1. The van der Waals surface area contributed by atoms with Gasteiger partial charge in [0.25, 0.3) is 0 Å². The van der Waals surface area contributed by atoms with Crippen LogP contribution < -0.4 is 20.1 Å². The zero-order valence-electron chi connectivity index (χ0n) is 16.1. The summed E-state index contributed by atoms with van der Waals surface area (Å²) < 4.78 is 0. The van der Waals surface area contributed by atoms with E-state index >= 15 is 0 Å². The van der Waals surface area contributed by atoms with Crippen LogP contribution in [-0.4, -0.2) is 26.7 Å². The third-order valence-electron chi connectivity index (χ3n) is 5.82. The van der Waals surface area contributed by atoms with E-state index in [0.29, 0.717) is 0 Å². The van der Waals surface area contributed by atoms with Crippen molar-refractivity contribution in [2.24, 2.45) is 0 Å². The highest BCUT2D eigenvalue weighted by atomic mass is 15.2. The van der Waals surface area contributed by atoms with Crippen molar-refractivity contribution < 1.29 is 9.88 Å². The van der Waals surface area contributed by atoms with Gasteiger partial charge < -0.3 is 10.2 Å². The molecule has 0 spiro atoms. The lowest BCUT2D eigenvalue weighted by molar-refractivity contribution is -0.895. The molecule has 2 aliphatic rings. The van der Waals surface area contributed by atoms with Gasteiger partial charge in [-0.3, -0.25) is 4.90 Å². The highest BCUT2D eigenvalue weighted by Gasteiger charge is 2.31. The molecule has 1 fully saturated rings. The number of nitrogens with zero attached hydrogens (tertiary/aromatic N) is 2. The Bertz CT molecular complexity index is 834. The summed E-state index contributed by atoms with van der Waals surface area (Å²) in [5.74, 6) is 2.11. The molecule has 5 heteroatoms. The van der Waals surface area contributed by atoms with Crippen molar-refractivity contribution in [2.45, 2.75) is 38.8 Å². The number of fused-ring (bicyclic) bond motifs is 1. The minimum atomic E-state index is 0.786. The van der Waals surface area contributed by atoms with Crippen LogP contribution in [0.4, 0.5) is 11.6 Å². The molecule has 0 amide bonds. The van der Waals surface area contributed by atoms with Gasteiger partial charge in [0, 0.05) is 6.42 Å². The number of quaternary nitrogens is 1. The first kappa shape index (κ1) is 17.8. The van der Waals surface area contributed by atoms with E-state index in [1.165, 1.54) is 40.9 Å². The van der Waals surface area contributed by atoms with Crippen LogP contribution in [0.15, 0.2) is 30.3 Å². The maximum absolute atomic E-state index is 9.95. The first-order valence-corrected chi connectivity index (χ1v) is 10.1. The molecule has 0 saturated carbocycles. The van der Waals surface area contributed by atoms with Gasteiger partial charge in [-0.25, -0.2) is 4.98 Å². The van der Waals surface area contributed by atoms with Crippen LogP contribution >= 0.6 is 0 Å². The average molecular weight is 364 g/mol. The molecule has 0 radical (unpaired) electrons. The molecule has 2 aromatic rings. The van der Waals surface area contributed by atoms with Gasteiger partial charge in [0.2, 0.25) is 11.6 Å². The van der Waals surface area contributed by atoms with Crippen LogP contribution in [0.1, 0.15) is 41.5 Å². The second kappa shape index (κ2) is 7.98. The lowest BCUT2D eigenvalue weighted by Crippen LogP contribution is -3.08.